The quantitative estimate of drug-likeness (QED) is 0.893. The fourth-order valence-electron chi connectivity index (χ4n) is 3.28. The highest BCUT2D eigenvalue weighted by Gasteiger charge is 2.32. The third kappa shape index (κ3) is 4.25. The molecule has 0 unspecified atom stereocenters. The number of carbonyl (C=O) groups excluding carboxylic acids is 1. The van der Waals surface area contributed by atoms with Crippen LogP contribution in [0.4, 0.5) is 0 Å². The number of para-hydroxylation sites is 1. The normalized spacial score (nSPS) is 23.7. The van der Waals surface area contributed by atoms with Gasteiger partial charge in [0.05, 0.1) is 23.5 Å². The molecule has 23 heavy (non-hydrogen) atoms. The second-order valence-corrected chi connectivity index (χ2v) is 8.68. The van der Waals surface area contributed by atoms with Gasteiger partial charge in [-0.1, -0.05) is 18.2 Å². The molecule has 1 aromatic carbocycles. The molecule has 0 spiro atoms. The number of hydrogen-bond donors (Lipinski definition) is 1. The lowest BCUT2D eigenvalue weighted by Gasteiger charge is -2.17. The standard InChI is InChI=1S/C17H23NO4S/c19-17(14-9-10-23(20,21)12-14)18-11-13-5-1-4-8-16(13)22-15-6-2-3-7-15/h1,4-5,8,14-15H,2-3,6-7,9-12H2,(H,18,19)/t14-/m0/s1. The number of sulfone groups is 1. The maximum atomic E-state index is 12.1. The molecule has 2 fully saturated rings. The largest absolute Gasteiger partial charge is 0.490 e. The first-order valence-electron chi connectivity index (χ1n) is 8.26. The predicted octanol–water partition coefficient (Wildman–Crippen LogP) is 2.06. The number of hydrogen-bond acceptors (Lipinski definition) is 4. The van der Waals surface area contributed by atoms with E-state index in [0.717, 1.165) is 24.2 Å². The zero-order valence-electron chi connectivity index (χ0n) is 13.2. The molecule has 1 amide bonds. The number of benzene rings is 1. The number of nitrogens with one attached hydrogen (secondary N) is 1. The van der Waals surface area contributed by atoms with Gasteiger partial charge in [0.1, 0.15) is 5.75 Å². The summed E-state index contributed by atoms with van der Waals surface area (Å²) in [5.41, 5.74) is 0.939. The molecule has 1 N–H and O–H groups in total. The van der Waals surface area contributed by atoms with Crippen LogP contribution in [0.2, 0.25) is 0 Å². The van der Waals surface area contributed by atoms with Crippen LogP contribution in [0.3, 0.4) is 0 Å². The summed E-state index contributed by atoms with van der Waals surface area (Å²) < 4.78 is 29.0. The SMILES string of the molecule is O=C(NCc1ccccc1OC1CCCC1)[C@H]1CCS(=O)(=O)C1. The minimum atomic E-state index is -3.03. The van der Waals surface area contributed by atoms with Crippen LogP contribution < -0.4 is 10.1 Å². The maximum Gasteiger partial charge on any atom is 0.224 e. The molecular weight excluding hydrogens is 314 g/mol. The van der Waals surface area contributed by atoms with Crippen molar-refractivity contribution in [3.63, 3.8) is 0 Å². The first-order valence-corrected chi connectivity index (χ1v) is 10.1. The summed E-state index contributed by atoms with van der Waals surface area (Å²) in [7, 11) is -3.03. The molecule has 2 aliphatic rings. The fourth-order valence-corrected chi connectivity index (χ4v) is 5.02. The minimum Gasteiger partial charge on any atom is -0.490 e. The van der Waals surface area contributed by atoms with E-state index in [4.69, 9.17) is 4.74 Å². The summed E-state index contributed by atoms with van der Waals surface area (Å²) in [6, 6.07) is 7.72. The molecule has 1 aliphatic carbocycles. The monoisotopic (exact) mass is 337 g/mol. The van der Waals surface area contributed by atoms with Crippen LogP contribution in [0, 0.1) is 5.92 Å². The molecule has 1 saturated carbocycles. The topological polar surface area (TPSA) is 72.5 Å². The van der Waals surface area contributed by atoms with Gasteiger partial charge in [0.2, 0.25) is 5.91 Å². The Morgan fingerprint density at radius 1 is 1.17 bits per heavy atom. The van der Waals surface area contributed by atoms with E-state index in [2.05, 4.69) is 5.32 Å². The molecule has 0 radical (unpaired) electrons. The summed E-state index contributed by atoms with van der Waals surface area (Å²) in [4.78, 5) is 12.1. The summed E-state index contributed by atoms with van der Waals surface area (Å²) in [6.07, 6.45) is 5.28. The number of carbonyl (C=O) groups is 1. The maximum absolute atomic E-state index is 12.1. The fraction of sp³-hybridized carbons (Fsp3) is 0.588. The average Bonchev–Trinajstić information content (AvgIpc) is 3.15. The molecule has 0 aromatic heterocycles. The van der Waals surface area contributed by atoms with Gasteiger partial charge < -0.3 is 10.1 Å². The van der Waals surface area contributed by atoms with Gasteiger partial charge in [0, 0.05) is 12.1 Å². The molecule has 3 rings (SSSR count). The third-order valence-corrected chi connectivity index (χ3v) is 6.39. The van der Waals surface area contributed by atoms with E-state index >= 15 is 0 Å². The lowest BCUT2D eigenvalue weighted by Crippen LogP contribution is -2.31. The van der Waals surface area contributed by atoms with E-state index in [1.165, 1.54) is 12.8 Å². The van der Waals surface area contributed by atoms with Crippen molar-refractivity contribution in [1.29, 1.82) is 0 Å². The van der Waals surface area contributed by atoms with Crippen LogP contribution in [0.1, 0.15) is 37.7 Å². The van der Waals surface area contributed by atoms with Gasteiger partial charge in [-0.05, 0) is 38.2 Å². The summed E-state index contributed by atoms with van der Waals surface area (Å²) in [5.74, 6) is 0.314. The highest BCUT2D eigenvalue weighted by molar-refractivity contribution is 7.91. The summed E-state index contributed by atoms with van der Waals surface area (Å²) >= 11 is 0. The van der Waals surface area contributed by atoms with Crippen LogP contribution >= 0.6 is 0 Å². The van der Waals surface area contributed by atoms with Crippen LogP contribution in [0.15, 0.2) is 24.3 Å². The van der Waals surface area contributed by atoms with Crippen LogP contribution in [-0.2, 0) is 21.2 Å². The van der Waals surface area contributed by atoms with Crippen molar-refractivity contribution < 1.29 is 17.9 Å². The van der Waals surface area contributed by atoms with Crippen LogP contribution in [-0.4, -0.2) is 31.9 Å². The Labute approximate surface area is 137 Å². The van der Waals surface area contributed by atoms with Crippen molar-refractivity contribution in [2.24, 2.45) is 5.92 Å². The molecule has 1 heterocycles. The molecule has 1 aliphatic heterocycles. The lowest BCUT2D eigenvalue weighted by atomic mass is 10.1. The van der Waals surface area contributed by atoms with E-state index in [-0.39, 0.29) is 23.5 Å². The van der Waals surface area contributed by atoms with Crippen molar-refractivity contribution in [3.05, 3.63) is 29.8 Å². The van der Waals surface area contributed by atoms with E-state index in [1.807, 2.05) is 24.3 Å². The van der Waals surface area contributed by atoms with Gasteiger partial charge >= 0.3 is 0 Å². The summed E-state index contributed by atoms with van der Waals surface area (Å²) in [6.45, 7) is 0.373. The van der Waals surface area contributed by atoms with Crippen LogP contribution in [0.25, 0.3) is 0 Å². The minimum absolute atomic E-state index is 0.0287. The summed E-state index contributed by atoms with van der Waals surface area (Å²) in [5, 5.41) is 2.86. The molecular formula is C17H23NO4S. The Balaban J connectivity index is 1.58. The highest BCUT2D eigenvalue weighted by Crippen LogP contribution is 2.27. The first kappa shape index (κ1) is 16.3. The number of ether oxygens (including phenoxy) is 1. The zero-order chi connectivity index (χ0) is 16.3. The van der Waals surface area contributed by atoms with Gasteiger partial charge in [-0.25, -0.2) is 8.42 Å². The average molecular weight is 337 g/mol. The van der Waals surface area contributed by atoms with Crippen molar-refractivity contribution in [2.45, 2.75) is 44.8 Å². The Morgan fingerprint density at radius 2 is 1.91 bits per heavy atom. The number of amides is 1. The molecule has 6 heteroatoms. The van der Waals surface area contributed by atoms with Crippen molar-refractivity contribution in [1.82, 2.24) is 5.32 Å². The van der Waals surface area contributed by atoms with Crippen molar-refractivity contribution in [3.8, 4) is 5.75 Å². The Morgan fingerprint density at radius 3 is 2.61 bits per heavy atom. The van der Waals surface area contributed by atoms with Crippen molar-refractivity contribution >= 4 is 15.7 Å². The second kappa shape index (κ2) is 6.91. The second-order valence-electron chi connectivity index (χ2n) is 6.45. The molecule has 5 nitrogen and oxygen atoms in total. The smallest absolute Gasteiger partial charge is 0.224 e. The molecule has 1 atom stereocenters. The van der Waals surface area contributed by atoms with Gasteiger partial charge in [0.25, 0.3) is 0 Å². The zero-order valence-corrected chi connectivity index (χ0v) is 14.0. The van der Waals surface area contributed by atoms with Gasteiger partial charge in [-0.15, -0.1) is 0 Å². The molecule has 1 saturated heterocycles. The van der Waals surface area contributed by atoms with E-state index in [0.29, 0.717) is 13.0 Å². The third-order valence-electron chi connectivity index (χ3n) is 4.62. The Kier molecular flexibility index (Phi) is 4.90. The predicted molar refractivity (Wildman–Crippen MR) is 87.9 cm³/mol. The van der Waals surface area contributed by atoms with E-state index in [9.17, 15) is 13.2 Å². The van der Waals surface area contributed by atoms with E-state index in [1.54, 1.807) is 0 Å². The van der Waals surface area contributed by atoms with Gasteiger partial charge in [0.15, 0.2) is 9.84 Å². The molecule has 0 bridgehead atoms. The number of rotatable bonds is 5. The first-order chi connectivity index (χ1) is 11.0. The van der Waals surface area contributed by atoms with E-state index < -0.39 is 15.8 Å². The highest BCUT2D eigenvalue weighted by atomic mass is 32.2. The Bertz CT molecular complexity index is 665. The molecule has 1 aromatic rings. The molecule has 126 valence electrons. The van der Waals surface area contributed by atoms with Gasteiger partial charge in [-0.3, -0.25) is 4.79 Å². The van der Waals surface area contributed by atoms with Gasteiger partial charge in [-0.2, -0.15) is 0 Å². The van der Waals surface area contributed by atoms with Crippen molar-refractivity contribution in [2.75, 3.05) is 11.5 Å². The lowest BCUT2D eigenvalue weighted by molar-refractivity contribution is -0.124. The van der Waals surface area contributed by atoms with Crippen LogP contribution in [0.5, 0.6) is 5.75 Å². The Hall–Kier alpha value is -1.56.